The average molecular weight is 566 g/mol. The van der Waals surface area contributed by atoms with Crippen LogP contribution in [-0.2, 0) is 35.0 Å². The summed E-state index contributed by atoms with van der Waals surface area (Å²) in [5, 5.41) is 0. The molecule has 0 amide bonds. The molecule has 1 saturated carbocycles. The lowest BCUT2D eigenvalue weighted by Crippen LogP contribution is -2.36. The molecule has 0 bridgehead atoms. The monoisotopic (exact) mass is 565 g/mol. The largest absolute Gasteiger partial charge is 0.514 e. The molecule has 0 saturated heterocycles. The highest BCUT2D eigenvalue weighted by Gasteiger charge is 2.25. The lowest BCUT2D eigenvalue weighted by molar-refractivity contribution is -0.162. The Kier molecular flexibility index (Phi) is 13.7. The quantitative estimate of drug-likeness (QED) is 0.190. The minimum absolute atomic E-state index is 0.0312. The Morgan fingerprint density at radius 3 is 1.98 bits per heavy atom. The number of esters is 2. The molecule has 224 valence electrons. The van der Waals surface area contributed by atoms with E-state index in [-0.39, 0.29) is 48.6 Å². The first-order valence-electron chi connectivity index (χ1n) is 14.0. The zero-order valence-corrected chi connectivity index (χ0v) is 24.1. The molecule has 2 N–H and O–H groups in total. The molecule has 1 fully saturated rings. The highest BCUT2D eigenvalue weighted by atomic mass is 16.7. The van der Waals surface area contributed by atoms with Crippen molar-refractivity contribution in [3.05, 3.63) is 23.8 Å². The van der Waals surface area contributed by atoms with Gasteiger partial charge in [-0.05, 0) is 70.6 Å². The number of benzene rings is 1. The minimum atomic E-state index is -1.05. The molecular weight excluding hydrogens is 522 g/mol. The Morgan fingerprint density at radius 1 is 0.825 bits per heavy atom. The van der Waals surface area contributed by atoms with Gasteiger partial charge in [-0.3, -0.25) is 9.59 Å². The van der Waals surface area contributed by atoms with Crippen LogP contribution in [0.1, 0.15) is 85.1 Å². The Morgan fingerprint density at radius 2 is 1.40 bits per heavy atom. The summed E-state index contributed by atoms with van der Waals surface area (Å²) >= 11 is 0. The first-order valence-corrected chi connectivity index (χ1v) is 14.0. The zero-order chi connectivity index (χ0) is 29.7. The van der Waals surface area contributed by atoms with Crippen LogP contribution >= 0.6 is 0 Å². The summed E-state index contributed by atoms with van der Waals surface area (Å²) < 4.78 is 31.5. The summed E-state index contributed by atoms with van der Waals surface area (Å²) in [7, 11) is 0. The van der Waals surface area contributed by atoms with Gasteiger partial charge >= 0.3 is 24.2 Å². The van der Waals surface area contributed by atoms with Crippen LogP contribution < -0.4 is 15.2 Å². The van der Waals surface area contributed by atoms with E-state index >= 15 is 0 Å². The van der Waals surface area contributed by atoms with Crippen molar-refractivity contribution in [1.29, 1.82) is 0 Å². The van der Waals surface area contributed by atoms with Gasteiger partial charge < -0.3 is 34.2 Å². The van der Waals surface area contributed by atoms with Crippen LogP contribution in [0.2, 0.25) is 0 Å². The molecule has 0 aromatic heterocycles. The van der Waals surface area contributed by atoms with Gasteiger partial charge in [-0.1, -0.05) is 39.2 Å². The maximum absolute atomic E-state index is 12.5. The second kappa shape index (κ2) is 16.7. The fourth-order valence-corrected chi connectivity index (χ4v) is 3.88. The highest BCUT2D eigenvalue weighted by molar-refractivity contribution is 5.76. The molecule has 11 nitrogen and oxygen atoms in total. The van der Waals surface area contributed by atoms with Crippen molar-refractivity contribution in [3.63, 3.8) is 0 Å². The van der Waals surface area contributed by atoms with Gasteiger partial charge in [0.05, 0.1) is 5.92 Å². The van der Waals surface area contributed by atoms with Gasteiger partial charge in [0.1, 0.15) is 31.0 Å². The van der Waals surface area contributed by atoms with Crippen molar-refractivity contribution < 1.29 is 47.6 Å². The number of carbonyl (C=O) groups excluding carboxylic acids is 4. The number of ether oxygens (including phenoxy) is 6. The standard InChI is InChI=1S/C29H43NO10/c1-6-18(3)37-28(33)39-24-14-13-21(16-25(24)40-29(34)38-19(4)7-2)15-23(30)27(32)35-17-20(5)36-26(31)22-11-9-8-10-12-22/h13-14,16,18-20,22-23H,6-12,15,17,30H2,1-5H3/t18?,19?,20-,23-/m0/s1. The second-order valence-electron chi connectivity index (χ2n) is 10.2. The van der Waals surface area contributed by atoms with Gasteiger partial charge in [-0.25, -0.2) is 9.59 Å². The Bertz CT molecular complexity index is 991. The molecule has 11 heteroatoms. The normalized spacial score (nSPS) is 16.6. The van der Waals surface area contributed by atoms with Crippen LogP contribution in [0.25, 0.3) is 0 Å². The van der Waals surface area contributed by atoms with E-state index in [0.717, 1.165) is 32.1 Å². The van der Waals surface area contributed by atoms with Crippen molar-refractivity contribution in [2.75, 3.05) is 6.61 Å². The van der Waals surface area contributed by atoms with E-state index in [1.165, 1.54) is 12.1 Å². The van der Waals surface area contributed by atoms with Crippen LogP contribution in [0, 0.1) is 5.92 Å². The first kappa shape index (κ1) is 32.9. The SMILES string of the molecule is CCC(C)OC(=O)Oc1ccc(C[C@H](N)C(=O)OC[C@H](C)OC(=O)C2CCCCC2)cc1OC(=O)OC(C)CC. The summed E-state index contributed by atoms with van der Waals surface area (Å²) in [6, 6.07) is 3.35. The van der Waals surface area contributed by atoms with E-state index in [1.54, 1.807) is 26.8 Å². The van der Waals surface area contributed by atoms with Crippen LogP contribution in [-0.4, -0.2) is 55.2 Å². The molecule has 0 spiro atoms. The predicted octanol–water partition coefficient (Wildman–Crippen LogP) is 5.24. The molecule has 1 aromatic rings. The number of hydrogen-bond donors (Lipinski definition) is 1. The topological polar surface area (TPSA) is 150 Å². The maximum atomic E-state index is 12.5. The molecule has 0 heterocycles. The van der Waals surface area contributed by atoms with Crippen molar-refractivity contribution in [1.82, 2.24) is 0 Å². The molecular formula is C29H43NO10. The first-order chi connectivity index (χ1) is 19.0. The lowest BCUT2D eigenvalue weighted by Gasteiger charge is -2.22. The van der Waals surface area contributed by atoms with Gasteiger partial charge in [0.15, 0.2) is 11.5 Å². The fourth-order valence-electron chi connectivity index (χ4n) is 3.88. The average Bonchev–Trinajstić information content (AvgIpc) is 2.93. The Labute approximate surface area is 235 Å². The van der Waals surface area contributed by atoms with Gasteiger partial charge in [0.25, 0.3) is 0 Å². The molecule has 1 aliphatic rings. The highest BCUT2D eigenvalue weighted by Crippen LogP contribution is 2.30. The summed E-state index contributed by atoms with van der Waals surface area (Å²) in [6.45, 7) is 8.66. The van der Waals surface area contributed by atoms with Gasteiger partial charge in [-0.2, -0.15) is 0 Å². The summed E-state index contributed by atoms with van der Waals surface area (Å²) in [5.74, 6) is -1.21. The molecule has 40 heavy (non-hydrogen) atoms. The third-order valence-corrected chi connectivity index (χ3v) is 6.61. The van der Waals surface area contributed by atoms with E-state index < -0.39 is 30.4 Å². The lowest BCUT2D eigenvalue weighted by atomic mass is 9.89. The summed E-state index contributed by atoms with van der Waals surface area (Å²) in [5.41, 5.74) is 6.57. The van der Waals surface area contributed by atoms with E-state index in [0.29, 0.717) is 18.4 Å². The maximum Gasteiger partial charge on any atom is 0.514 e. The van der Waals surface area contributed by atoms with E-state index in [4.69, 9.17) is 34.2 Å². The third-order valence-electron chi connectivity index (χ3n) is 6.61. The molecule has 2 unspecified atom stereocenters. The second-order valence-corrected chi connectivity index (χ2v) is 10.2. The smallest absolute Gasteiger partial charge is 0.461 e. The molecule has 1 aromatic carbocycles. The van der Waals surface area contributed by atoms with Crippen molar-refractivity contribution >= 4 is 24.2 Å². The van der Waals surface area contributed by atoms with Crippen LogP contribution in [0.5, 0.6) is 11.5 Å². The third kappa shape index (κ3) is 11.4. The fraction of sp³-hybridized carbons (Fsp3) is 0.655. The van der Waals surface area contributed by atoms with Crippen molar-refractivity contribution in [2.24, 2.45) is 11.7 Å². The molecule has 4 atom stereocenters. The summed E-state index contributed by atoms with van der Waals surface area (Å²) in [6.07, 6.45) is 2.70. The van der Waals surface area contributed by atoms with Gasteiger partial charge in [0.2, 0.25) is 0 Å². The molecule has 1 aliphatic carbocycles. The Hall–Kier alpha value is -3.34. The van der Waals surface area contributed by atoms with Crippen LogP contribution in [0.3, 0.4) is 0 Å². The number of carbonyl (C=O) groups is 4. The number of rotatable bonds is 13. The molecule has 2 rings (SSSR count). The van der Waals surface area contributed by atoms with E-state index in [9.17, 15) is 19.2 Å². The van der Waals surface area contributed by atoms with Crippen LogP contribution in [0.4, 0.5) is 9.59 Å². The van der Waals surface area contributed by atoms with Gasteiger partial charge in [-0.15, -0.1) is 0 Å². The number of hydrogen-bond acceptors (Lipinski definition) is 11. The van der Waals surface area contributed by atoms with Crippen molar-refractivity contribution in [3.8, 4) is 11.5 Å². The van der Waals surface area contributed by atoms with Crippen LogP contribution in [0.15, 0.2) is 18.2 Å². The molecule has 0 radical (unpaired) electrons. The van der Waals surface area contributed by atoms with E-state index in [2.05, 4.69) is 0 Å². The van der Waals surface area contributed by atoms with E-state index in [1.807, 2.05) is 13.8 Å². The predicted molar refractivity (Wildman–Crippen MR) is 145 cm³/mol. The number of nitrogens with two attached hydrogens (primary N) is 1. The minimum Gasteiger partial charge on any atom is -0.461 e. The summed E-state index contributed by atoms with van der Waals surface area (Å²) in [4.78, 5) is 49.2. The molecule has 0 aliphatic heterocycles. The van der Waals surface area contributed by atoms with Gasteiger partial charge in [0, 0.05) is 0 Å². The zero-order valence-electron chi connectivity index (χ0n) is 24.1. The Balaban J connectivity index is 2.00. The van der Waals surface area contributed by atoms with Crippen molar-refractivity contribution in [2.45, 2.75) is 110 Å².